The van der Waals surface area contributed by atoms with Crippen molar-refractivity contribution in [3.05, 3.63) is 0 Å². The second-order valence-electron chi connectivity index (χ2n) is 3.95. The van der Waals surface area contributed by atoms with E-state index in [4.69, 9.17) is 16.3 Å². The highest BCUT2D eigenvalue weighted by Crippen LogP contribution is 2.44. The van der Waals surface area contributed by atoms with Crippen LogP contribution in [0.1, 0.15) is 45.4 Å². The van der Waals surface area contributed by atoms with Crippen molar-refractivity contribution >= 4 is 17.6 Å². The van der Waals surface area contributed by atoms with Gasteiger partial charge in [0.15, 0.2) is 0 Å². The summed E-state index contributed by atoms with van der Waals surface area (Å²) in [4.78, 5) is 11.2. The molecule has 1 fully saturated rings. The van der Waals surface area contributed by atoms with Crippen LogP contribution in [-0.2, 0) is 14.3 Å². The second kappa shape index (κ2) is 5.71. The molecule has 0 radical (unpaired) electrons. The summed E-state index contributed by atoms with van der Waals surface area (Å²) in [5.41, 5.74) is 0. The molecule has 0 aromatic rings. The lowest BCUT2D eigenvalue weighted by Gasteiger charge is -2.01. The number of hydrogen-bond acceptors (Lipinski definition) is 3. The first-order chi connectivity index (χ1) is 7.15. The number of methoxy groups -OCH3 is 1. The predicted molar refractivity (Wildman–Crippen MR) is 58.8 cm³/mol. The smallest absolute Gasteiger partial charge is 0.356 e. The Hall–Kier alpha value is -0.280. The maximum atomic E-state index is 11.2. The summed E-state index contributed by atoms with van der Waals surface area (Å²) >= 11 is 5.90. The Morgan fingerprint density at radius 2 is 2.07 bits per heavy atom. The quantitative estimate of drug-likeness (QED) is 0.294. The first-order valence-electron chi connectivity index (χ1n) is 5.60. The third-order valence-corrected chi connectivity index (χ3v) is 3.19. The summed E-state index contributed by atoms with van der Waals surface area (Å²) in [7, 11) is 1.33. The highest BCUT2D eigenvalue weighted by atomic mass is 35.5. The molecule has 0 aromatic carbocycles. The van der Waals surface area contributed by atoms with Crippen LogP contribution < -0.4 is 0 Å². The summed E-state index contributed by atoms with van der Waals surface area (Å²) in [6.45, 7) is 2.19. The van der Waals surface area contributed by atoms with E-state index in [9.17, 15) is 4.79 Å². The van der Waals surface area contributed by atoms with Crippen molar-refractivity contribution < 1.29 is 14.3 Å². The summed E-state index contributed by atoms with van der Waals surface area (Å²) < 4.78 is 9.71. The Morgan fingerprint density at radius 3 is 2.67 bits per heavy atom. The number of esters is 1. The molecule has 1 heterocycles. The van der Waals surface area contributed by atoms with E-state index in [1.807, 2.05) is 0 Å². The largest absolute Gasteiger partial charge is 0.466 e. The Balaban J connectivity index is 2.08. The highest BCUT2D eigenvalue weighted by Gasteiger charge is 2.62. The third kappa shape index (κ3) is 3.35. The van der Waals surface area contributed by atoms with Crippen molar-refractivity contribution in [2.24, 2.45) is 0 Å². The summed E-state index contributed by atoms with van der Waals surface area (Å²) in [5.74, 6) is -0.470. The highest BCUT2D eigenvalue weighted by molar-refractivity contribution is 6.35. The van der Waals surface area contributed by atoms with Gasteiger partial charge >= 0.3 is 5.97 Å². The summed E-state index contributed by atoms with van der Waals surface area (Å²) in [6, 6.07) is 0. The molecule has 1 rings (SSSR count). The average Bonchev–Trinajstić information content (AvgIpc) is 2.90. The van der Waals surface area contributed by atoms with Gasteiger partial charge in [-0.3, -0.25) is 0 Å². The zero-order valence-corrected chi connectivity index (χ0v) is 10.2. The van der Waals surface area contributed by atoms with Crippen molar-refractivity contribution in [2.45, 2.75) is 56.6 Å². The minimum absolute atomic E-state index is 0.145. The van der Waals surface area contributed by atoms with Gasteiger partial charge in [-0.05, 0) is 6.42 Å². The maximum absolute atomic E-state index is 11.2. The minimum Gasteiger partial charge on any atom is -0.466 e. The lowest BCUT2D eigenvalue weighted by Crippen LogP contribution is -2.22. The van der Waals surface area contributed by atoms with Crippen LogP contribution in [0.15, 0.2) is 0 Å². The number of rotatable bonds is 7. The fourth-order valence-corrected chi connectivity index (χ4v) is 1.96. The molecule has 0 aliphatic carbocycles. The van der Waals surface area contributed by atoms with Crippen molar-refractivity contribution in [1.29, 1.82) is 0 Å². The van der Waals surface area contributed by atoms with Crippen LogP contribution in [0.3, 0.4) is 0 Å². The Morgan fingerprint density at radius 1 is 1.40 bits per heavy atom. The SMILES string of the molecule is CCCCCCCC1OC1(Cl)C(=O)OC. The van der Waals surface area contributed by atoms with Gasteiger partial charge in [0, 0.05) is 0 Å². The van der Waals surface area contributed by atoms with Crippen LogP contribution in [-0.4, -0.2) is 24.2 Å². The van der Waals surface area contributed by atoms with E-state index < -0.39 is 11.0 Å². The molecule has 2 atom stereocenters. The number of alkyl halides is 1. The lowest BCUT2D eigenvalue weighted by molar-refractivity contribution is -0.143. The van der Waals surface area contributed by atoms with Crippen molar-refractivity contribution in [3.8, 4) is 0 Å². The van der Waals surface area contributed by atoms with E-state index >= 15 is 0 Å². The molecule has 4 heteroatoms. The van der Waals surface area contributed by atoms with Crippen LogP contribution in [0.4, 0.5) is 0 Å². The average molecular weight is 235 g/mol. The number of halogens is 1. The number of carbonyl (C=O) groups excluding carboxylic acids is 1. The van der Waals surface area contributed by atoms with E-state index in [2.05, 4.69) is 11.7 Å². The second-order valence-corrected chi connectivity index (χ2v) is 4.51. The third-order valence-electron chi connectivity index (χ3n) is 2.70. The van der Waals surface area contributed by atoms with E-state index in [0.29, 0.717) is 0 Å². The van der Waals surface area contributed by atoms with Crippen LogP contribution in [0.5, 0.6) is 0 Å². The molecule has 0 N–H and O–H groups in total. The zero-order valence-electron chi connectivity index (χ0n) is 9.42. The Bertz CT molecular complexity index is 220. The lowest BCUT2D eigenvalue weighted by atomic mass is 10.1. The molecule has 15 heavy (non-hydrogen) atoms. The van der Waals surface area contributed by atoms with Crippen molar-refractivity contribution in [2.75, 3.05) is 7.11 Å². The first kappa shape index (κ1) is 12.8. The molecule has 1 aliphatic rings. The monoisotopic (exact) mass is 234 g/mol. The molecule has 1 aliphatic heterocycles. The molecule has 2 unspecified atom stereocenters. The number of hydrogen-bond donors (Lipinski definition) is 0. The molecular formula is C11H19ClO3. The predicted octanol–water partition coefficient (Wildman–Crippen LogP) is 2.85. The minimum atomic E-state index is -1.17. The van der Waals surface area contributed by atoms with Crippen molar-refractivity contribution in [1.82, 2.24) is 0 Å². The topological polar surface area (TPSA) is 38.8 Å². The molecule has 0 saturated carbocycles. The van der Waals surface area contributed by atoms with Gasteiger partial charge in [-0.25, -0.2) is 4.79 Å². The molecule has 88 valence electrons. The van der Waals surface area contributed by atoms with Gasteiger partial charge in [0.2, 0.25) is 0 Å². The van der Waals surface area contributed by atoms with Gasteiger partial charge in [-0.1, -0.05) is 50.6 Å². The molecule has 0 spiro atoms. The van der Waals surface area contributed by atoms with Crippen LogP contribution in [0.25, 0.3) is 0 Å². The van der Waals surface area contributed by atoms with Crippen LogP contribution >= 0.6 is 11.6 Å². The Labute approximate surface area is 96.1 Å². The van der Waals surface area contributed by atoms with Crippen LogP contribution in [0.2, 0.25) is 0 Å². The van der Waals surface area contributed by atoms with E-state index in [0.717, 1.165) is 12.8 Å². The number of unbranched alkanes of at least 4 members (excludes halogenated alkanes) is 4. The molecule has 0 bridgehead atoms. The molecule has 1 saturated heterocycles. The molecule has 3 nitrogen and oxygen atoms in total. The molecule has 0 aromatic heterocycles. The van der Waals surface area contributed by atoms with Gasteiger partial charge < -0.3 is 9.47 Å². The fourth-order valence-electron chi connectivity index (χ4n) is 1.67. The molecule has 0 amide bonds. The van der Waals surface area contributed by atoms with Gasteiger partial charge in [-0.15, -0.1) is 0 Å². The van der Waals surface area contributed by atoms with E-state index in [1.54, 1.807) is 0 Å². The Kier molecular flexibility index (Phi) is 4.87. The van der Waals surface area contributed by atoms with Gasteiger partial charge in [0.1, 0.15) is 6.10 Å². The van der Waals surface area contributed by atoms with E-state index in [-0.39, 0.29) is 6.10 Å². The van der Waals surface area contributed by atoms with Gasteiger partial charge in [-0.2, -0.15) is 0 Å². The summed E-state index contributed by atoms with van der Waals surface area (Å²) in [6.07, 6.45) is 6.71. The van der Waals surface area contributed by atoms with Crippen LogP contribution in [0, 0.1) is 0 Å². The maximum Gasteiger partial charge on any atom is 0.356 e. The first-order valence-corrected chi connectivity index (χ1v) is 5.98. The normalized spacial score (nSPS) is 28.9. The number of carbonyl (C=O) groups is 1. The molecular weight excluding hydrogens is 216 g/mol. The van der Waals surface area contributed by atoms with Gasteiger partial charge in [0.05, 0.1) is 7.11 Å². The number of epoxide rings is 1. The number of ether oxygens (including phenoxy) is 2. The fraction of sp³-hybridized carbons (Fsp3) is 0.909. The summed E-state index contributed by atoms with van der Waals surface area (Å²) in [5, 5.41) is -1.17. The zero-order chi connectivity index (χ0) is 11.3. The van der Waals surface area contributed by atoms with Crippen molar-refractivity contribution in [3.63, 3.8) is 0 Å². The van der Waals surface area contributed by atoms with Gasteiger partial charge in [0.25, 0.3) is 5.06 Å². The standard InChI is InChI=1S/C11H19ClO3/c1-3-4-5-6-7-8-9-11(12,15-9)10(13)14-2/h9H,3-8H2,1-2H3. The van der Waals surface area contributed by atoms with E-state index in [1.165, 1.54) is 32.8 Å².